The molecule has 1 atom stereocenters. The molecule has 8 heteroatoms. The van der Waals surface area contributed by atoms with Gasteiger partial charge in [0.15, 0.2) is 11.3 Å². The molecule has 0 bridgehead atoms. The number of carbonyl (C=O) groups excluding carboxylic acids is 3. The molecule has 2 fully saturated rings. The molecule has 2 heterocycles. The van der Waals surface area contributed by atoms with Gasteiger partial charge in [-0.05, 0) is 55.3 Å². The van der Waals surface area contributed by atoms with Crippen LogP contribution in [0.25, 0.3) is 0 Å². The van der Waals surface area contributed by atoms with Crippen molar-refractivity contribution in [3.05, 3.63) is 70.8 Å². The Kier molecular flexibility index (Phi) is 7.27. The molecule has 2 aromatic carbocycles. The molecule has 36 heavy (non-hydrogen) atoms. The summed E-state index contributed by atoms with van der Waals surface area (Å²) >= 11 is 0. The Labute approximate surface area is 211 Å². The van der Waals surface area contributed by atoms with Crippen LogP contribution in [-0.4, -0.2) is 84.0 Å². The molecule has 0 saturated carbocycles. The normalized spacial score (nSPS) is 17.6. The third-order valence-corrected chi connectivity index (χ3v) is 7.40. The highest BCUT2D eigenvalue weighted by molar-refractivity contribution is 6.14. The highest BCUT2D eigenvalue weighted by Crippen LogP contribution is 2.38. The Hall–Kier alpha value is -3.51. The van der Waals surface area contributed by atoms with E-state index in [1.54, 1.807) is 24.3 Å². The lowest BCUT2D eigenvalue weighted by molar-refractivity contribution is -0.195. The van der Waals surface area contributed by atoms with Gasteiger partial charge in [-0.15, -0.1) is 0 Å². The van der Waals surface area contributed by atoms with E-state index in [-0.39, 0.29) is 5.54 Å². The summed E-state index contributed by atoms with van der Waals surface area (Å²) in [5, 5.41) is 11.7. The molecule has 2 N–H and O–H groups in total. The van der Waals surface area contributed by atoms with Crippen molar-refractivity contribution in [3.63, 3.8) is 0 Å². The number of ketones is 1. The lowest BCUT2D eigenvalue weighted by Gasteiger charge is -2.57. The van der Waals surface area contributed by atoms with Gasteiger partial charge in [0.25, 0.3) is 11.8 Å². The molecule has 2 aliphatic heterocycles. The van der Waals surface area contributed by atoms with Crippen LogP contribution in [0.3, 0.4) is 0 Å². The largest absolute Gasteiger partial charge is 0.388 e. The van der Waals surface area contributed by atoms with Gasteiger partial charge in [-0.1, -0.05) is 24.0 Å². The van der Waals surface area contributed by atoms with Crippen LogP contribution in [0.4, 0.5) is 0 Å². The summed E-state index contributed by atoms with van der Waals surface area (Å²) in [7, 11) is 2.74. The smallest absolute Gasteiger partial charge is 0.254 e. The molecule has 4 rings (SSSR count). The number of hydrogen-bond donors (Lipinski definition) is 2. The number of ether oxygens (including phenoxy) is 1. The molecule has 0 radical (unpaired) electrons. The fraction of sp³-hybridized carbons (Fsp3) is 0.393. The summed E-state index contributed by atoms with van der Waals surface area (Å²) in [6, 6.07) is 14.9. The number of rotatable bonds is 7. The van der Waals surface area contributed by atoms with Crippen LogP contribution < -0.4 is 5.32 Å². The lowest BCUT2D eigenvalue weighted by Crippen LogP contribution is -2.70. The number of carbonyl (C=O) groups is 3. The number of aliphatic hydroxyl groups excluding tert-OH is 1. The van der Waals surface area contributed by atoms with Gasteiger partial charge in [-0.25, -0.2) is 0 Å². The fourth-order valence-corrected chi connectivity index (χ4v) is 4.51. The molecule has 2 aliphatic rings. The van der Waals surface area contributed by atoms with E-state index in [1.807, 2.05) is 12.1 Å². The Balaban J connectivity index is 1.40. The van der Waals surface area contributed by atoms with Crippen LogP contribution in [0.2, 0.25) is 0 Å². The number of amides is 2. The first kappa shape index (κ1) is 25.6. The van der Waals surface area contributed by atoms with Gasteiger partial charge in [0, 0.05) is 43.9 Å². The van der Waals surface area contributed by atoms with E-state index in [1.165, 1.54) is 33.0 Å². The first-order valence-electron chi connectivity index (χ1n) is 11.9. The number of hydrogen-bond acceptors (Lipinski definition) is 6. The van der Waals surface area contributed by atoms with Crippen LogP contribution in [0, 0.1) is 11.8 Å². The molecular formula is C28H31N3O5. The van der Waals surface area contributed by atoms with Gasteiger partial charge in [0.05, 0.1) is 18.8 Å². The van der Waals surface area contributed by atoms with Crippen molar-refractivity contribution in [3.8, 4) is 11.8 Å². The molecule has 0 aromatic heterocycles. The molecule has 2 saturated heterocycles. The Morgan fingerprint density at radius 3 is 2.11 bits per heavy atom. The van der Waals surface area contributed by atoms with E-state index in [4.69, 9.17) is 4.74 Å². The average Bonchev–Trinajstić information content (AvgIpc) is 2.87. The van der Waals surface area contributed by atoms with Gasteiger partial charge in [0.1, 0.15) is 6.61 Å². The molecule has 2 aromatic rings. The fourth-order valence-electron chi connectivity index (χ4n) is 4.51. The zero-order chi connectivity index (χ0) is 25.9. The third-order valence-electron chi connectivity index (χ3n) is 7.40. The lowest BCUT2D eigenvalue weighted by atomic mass is 9.82. The Morgan fingerprint density at radius 2 is 1.67 bits per heavy atom. The second kappa shape index (κ2) is 10.2. The second-order valence-corrected chi connectivity index (χ2v) is 9.51. The Bertz CT molecular complexity index is 1180. The summed E-state index contributed by atoms with van der Waals surface area (Å²) in [5.74, 6) is 4.28. The summed E-state index contributed by atoms with van der Waals surface area (Å²) < 4.78 is 5.40. The van der Waals surface area contributed by atoms with E-state index in [9.17, 15) is 19.5 Å². The summed E-state index contributed by atoms with van der Waals surface area (Å²) in [5.41, 5.74) is 1.62. The number of Topliss-reactive ketones (excluding diaryl/α,β-unsaturated/α-hetero) is 1. The predicted octanol–water partition coefficient (Wildman–Crippen LogP) is 1.20. The van der Waals surface area contributed by atoms with Crippen molar-refractivity contribution in [2.45, 2.75) is 31.0 Å². The zero-order valence-electron chi connectivity index (χ0n) is 20.8. The van der Waals surface area contributed by atoms with Crippen molar-refractivity contribution >= 4 is 17.6 Å². The van der Waals surface area contributed by atoms with E-state index in [0.29, 0.717) is 5.56 Å². The van der Waals surface area contributed by atoms with Crippen LogP contribution in [-0.2, 0) is 20.9 Å². The SMILES string of the molecule is CNC(=O)[C@@](C)(C(=O)CO)N(C)C(=O)c1ccc(C#Cc2ccc(CN3CCC34COC4)cc2)cc1. The average molecular weight is 490 g/mol. The van der Waals surface area contributed by atoms with Gasteiger partial charge in [0.2, 0.25) is 0 Å². The van der Waals surface area contributed by atoms with Crippen LogP contribution in [0.5, 0.6) is 0 Å². The van der Waals surface area contributed by atoms with Crippen molar-refractivity contribution in [2.75, 3.05) is 40.5 Å². The molecule has 8 nitrogen and oxygen atoms in total. The molecule has 1 spiro atoms. The maximum Gasteiger partial charge on any atom is 0.254 e. The monoisotopic (exact) mass is 489 g/mol. The minimum Gasteiger partial charge on any atom is -0.388 e. The topological polar surface area (TPSA) is 99.2 Å². The van der Waals surface area contributed by atoms with Gasteiger partial charge < -0.3 is 20.1 Å². The first-order chi connectivity index (χ1) is 17.2. The number of aliphatic hydroxyl groups is 1. The van der Waals surface area contributed by atoms with Gasteiger partial charge in [-0.3, -0.25) is 19.3 Å². The number of nitrogens with zero attached hydrogens (tertiary/aromatic N) is 2. The van der Waals surface area contributed by atoms with Crippen LogP contribution in [0.15, 0.2) is 48.5 Å². The first-order valence-corrected chi connectivity index (χ1v) is 11.9. The minimum absolute atomic E-state index is 0.274. The summed E-state index contributed by atoms with van der Waals surface area (Å²) in [4.78, 5) is 41.2. The van der Waals surface area contributed by atoms with E-state index >= 15 is 0 Å². The van der Waals surface area contributed by atoms with E-state index in [2.05, 4.69) is 34.2 Å². The van der Waals surface area contributed by atoms with Crippen molar-refractivity contribution < 1.29 is 24.2 Å². The van der Waals surface area contributed by atoms with Crippen molar-refractivity contribution in [1.82, 2.24) is 15.1 Å². The highest BCUT2D eigenvalue weighted by atomic mass is 16.5. The van der Waals surface area contributed by atoms with E-state index in [0.717, 1.165) is 42.3 Å². The van der Waals surface area contributed by atoms with Crippen molar-refractivity contribution in [1.29, 1.82) is 0 Å². The summed E-state index contributed by atoms with van der Waals surface area (Å²) in [6.45, 7) is 4.17. The zero-order valence-corrected chi connectivity index (χ0v) is 20.8. The van der Waals surface area contributed by atoms with Gasteiger partial charge in [-0.2, -0.15) is 0 Å². The molecular weight excluding hydrogens is 458 g/mol. The number of likely N-dealkylation sites (N-methyl/N-ethyl adjacent to an activating group) is 2. The third kappa shape index (κ3) is 4.65. The quantitative estimate of drug-likeness (QED) is 0.448. The molecule has 188 valence electrons. The standard InChI is InChI=1S/C28H31N3O5/c1-27(24(33)17-32,26(35)29-2)30(3)25(34)23-12-10-21(11-13-23)5-4-20-6-8-22(9-7-20)16-31-15-14-28(31)18-36-19-28/h6-13,32H,14-19H2,1-3H3,(H,29,35)/t27-/m1/s1. The van der Waals surface area contributed by atoms with Crippen LogP contribution >= 0.6 is 0 Å². The number of nitrogens with one attached hydrogen (secondary N) is 1. The maximum absolute atomic E-state index is 13.0. The molecule has 2 amide bonds. The van der Waals surface area contributed by atoms with Crippen LogP contribution in [0.1, 0.15) is 40.4 Å². The van der Waals surface area contributed by atoms with Crippen molar-refractivity contribution in [2.24, 2.45) is 0 Å². The molecule has 0 aliphatic carbocycles. The number of likely N-dealkylation sites (tertiary alicyclic amines) is 1. The maximum atomic E-state index is 13.0. The second-order valence-electron chi connectivity index (χ2n) is 9.51. The predicted molar refractivity (Wildman–Crippen MR) is 134 cm³/mol. The van der Waals surface area contributed by atoms with Gasteiger partial charge >= 0.3 is 0 Å². The summed E-state index contributed by atoms with van der Waals surface area (Å²) in [6.07, 6.45) is 1.21. The minimum atomic E-state index is -1.83. The van der Waals surface area contributed by atoms with E-state index < -0.39 is 29.7 Å². The molecule has 0 unspecified atom stereocenters. The Morgan fingerprint density at radius 1 is 1.08 bits per heavy atom. The number of benzene rings is 2. The highest BCUT2D eigenvalue weighted by Gasteiger charge is 2.50.